The molecule has 0 radical (unpaired) electrons. The number of aliphatic hydroxyl groups is 1. The van der Waals surface area contributed by atoms with E-state index in [1.54, 1.807) is 17.3 Å². The molecule has 11 nitrogen and oxygen atoms in total. The van der Waals surface area contributed by atoms with Crippen LogP contribution in [0.15, 0.2) is 49.1 Å². The van der Waals surface area contributed by atoms with E-state index in [9.17, 15) is 19.1 Å². The summed E-state index contributed by atoms with van der Waals surface area (Å²) < 4.78 is 16.9. The molecule has 0 bridgehead atoms. The number of amides is 2. The first-order valence-corrected chi connectivity index (χ1v) is 18.6. The highest BCUT2D eigenvalue weighted by atomic mass is 19.1. The fourth-order valence-corrected chi connectivity index (χ4v) is 8.90. The molecule has 0 unspecified atom stereocenters. The molecule has 4 aliphatic rings. The first-order chi connectivity index (χ1) is 24.6. The van der Waals surface area contributed by atoms with Crippen molar-refractivity contribution in [2.24, 2.45) is 5.41 Å². The summed E-state index contributed by atoms with van der Waals surface area (Å²) in [4.78, 5) is 47.9. The zero-order chi connectivity index (χ0) is 36.7. The minimum atomic E-state index is -1.47. The minimum absolute atomic E-state index is 0.0784. The van der Waals surface area contributed by atoms with E-state index in [4.69, 9.17) is 9.97 Å². The molecule has 4 aromatic rings. The fourth-order valence-electron chi connectivity index (χ4n) is 8.90. The van der Waals surface area contributed by atoms with E-state index in [0.29, 0.717) is 48.9 Å². The van der Waals surface area contributed by atoms with Crippen LogP contribution < -0.4 is 10.2 Å². The smallest absolute Gasteiger partial charge is 0.253 e. The Morgan fingerprint density at radius 1 is 1.06 bits per heavy atom. The van der Waals surface area contributed by atoms with Crippen LogP contribution in [0, 0.1) is 11.2 Å². The molecular weight excluding hydrogens is 659 g/mol. The monoisotopic (exact) mass is 708 g/mol. The Morgan fingerprint density at radius 3 is 2.46 bits per heavy atom. The van der Waals surface area contributed by atoms with Gasteiger partial charge in [0.05, 0.1) is 34.8 Å². The van der Waals surface area contributed by atoms with Crippen molar-refractivity contribution in [3.63, 3.8) is 0 Å². The van der Waals surface area contributed by atoms with Gasteiger partial charge in [0.1, 0.15) is 11.1 Å². The normalized spacial score (nSPS) is 22.8. The molecule has 2 N–H and O–H groups in total. The third-order valence-electron chi connectivity index (χ3n) is 11.9. The Labute approximate surface area is 304 Å². The minimum Gasteiger partial charge on any atom is -0.381 e. The molecule has 0 atom stereocenters. The number of halogens is 1. The van der Waals surface area contributed by atoms with E-state index in [-0.39, 0.29) is 29.6 Å². The number of carbonyl (C=O) groups excluding carboxylic acids is 2. The highest BCUT2D eigenvalue weighted by Gasteiger charge is 2.56. The molecular formula is C40H49FN8O3. The maximum atomic E-state index is 14.8. The van der Waals surface area contributed by atoms with Crippen molar-refractivity contribution < 1.29 is 19.1 Å². The van der Waals surface area contributed by atoms with Crippen LogP contribution >= 0.6 is 0 Å². The van der Waals surface area contributed by atoms with Crippen LogP contribution in [-0.2, 0) is 15.0 Å². The molecule has 274 valence electrons. The van der Waals surface area contributed by atoms with Gasteiger partial charge in [0.2, 0.25) is 5.91 Å². The van der Waals surface area contributed by atoms with Gasteiger partial charge in [-0.1, -0.05) is 26.0 Å². The topological polar surface area (TPSA) is 120 Å². The first kappa shape index (κ1) is 34.7. The van der Waals surface area contributed by atoms with Crippen molar-refractivity contribution >= 4 is 40.0 Å². The third-order valence-corrected chi connectivity index (χ3v) is 11.9. The van der Waals surface area contributed by atoms with Crippen LogP contribution in [0.25, 0.3) is 22.3 Å². The molecule has 3 aromatic heterocycles. The van der Waals surface area contributed by atoms with Gasteiger partial charge in [-0.3, -0.25) is 19.5 Å². The molecule has 2 saturated heterocycles. The second-order valence-electron chi connectivity index (χ2n) is 17.0. The van der Waals surface area contributed by atoms with Crippen LogP contribution in [0.4, 0.5) is 21.6 Å². The molecule has 1 aliphatic carbocycles. The van der Waals surface area contributed by atoms with Gasteiger partial charge >= 0.3 is 0 Å². The summed E-state index contributed by atoms with van der Waals surface area (Å²) >= 11 is 0. The lowest BCUT2D eigenvalue weighted by molar-refractivity contribution is -0.150. The molecule has 12 heteroatoms. The highest BCUT2D eigenvalue weighted by Crippen LogP contribution is 2.52. The van der Waals surface area contributed by atoms with E-state index in [1.165, 1.54) is 32.7 Å². The average molecular weight is 709 g/mol. The second-order valence-corrected chi connectivity index (χ2v) is 17.0. The summed E-state index contributed by atoms with van der Waals surface area (Å²) in [5, 5.41) is 13.7. The number of piperidine rings is 1. The van der Waals surface area contributed by atoms with Crippen molar-refractivity contribution in [2.45, 2.75) is 103 Å². The van der Waals surface area contributed by atoms with Crippen LogP contribution in [0.2, 0.25) is 0 Å². The largest absolute Gasteiger partial charge is 0.381 e. The number of hydrogen-bond donors (Lipinski definition) is 2. The summed E-state index contributed by atoms with van der Waals surface area (Å²) in [6.45, 7) is 14.8. The Bertz CT molecular complexity index is 2060. The number of carbonyl (C=O) groups is 2. The number of rotatable bonds is 7. The molecule has 3 aliphatic heterocycles. The van der Waals surface area contributed by atoms with Crippen LogP contribution in [0.1, 0.15) is 85.3 Å². The molecule has 3 fully saturated rings. The van der Waals surface area contributed by atoms with Crippen LogP contribution in [-0.4, -0.2) is 90.1 Å². The lowest BCUT2D eigenvalue weighted by Gasteiger charge is -2.47. The first-order valence-electron chi connectivity index (χ1n) is 18.6. The predicted octanol–water partition coefficient (Wildman–Crippen LogP) is 6.20. The maximum absolute atomic E-state index is 14.8. The summed E-state index contributed by atoms with van der Waals surface area (Å²) in [5.41, 5.74) is 3.23. The average Bonchev–Trinajstić information content (AvgIpc) is 3.74. The van der Waals surface area contributed by atoms with Crippen molar-refractivity contribution in [1.29, 1.82) is 0 Å². The molecule has 8 rings (SSSR count). The SMILES string of the molecule is CC(C)n1cnc2cc(-c3ccc4c(c3)N(C3CC(N5CCC(C)(C)C5)C3)C(=O)C43CCN(C(=O)C(C)(C)O)CC3)nc(Nc3ccncc3F)c21. The number of imidazole rings is 1. The quantitative estimate of drug-likeness (QED) is 0.233. The third kappa shape index (κ3) is 5.74. The number of aromatic nitrogens is 4. The predicted molar refractivity (Wildman–Crippen MR) is 199 cm³/mol. The van der Waals surface area contributed by atoms with Gasteiger partial charge < -0.3 is 24.8 Å². The summed E-state index contributed by atoms with van der Waals surface area (Å²) in [7, 11) is 0. The van der Waals surface area contributed by atoms with Gasteiger partial charge in [0.15, 0.2) is 11.6 Å². The Hall–Kier alpha value is -4.42. The number of fused-ring (bicyclic) bond motifs is 3. The van der Waals surface area contributed by atoms with E-state index in [1.807, 2.05) is 16.7 Å². The molecule has 1 saturated carbocycles. The summed E-state index contributed by atoms with van der Waals surface area (Å²) in [6, 6.07) is 10.4. The number of benzene rings is 1. The van der Waals surface area contributed by atoms with E-state index in [0.717, 1.165) is 53.8 Å². The number of nitrogens with zero attached hydrogens (tertiary/aromatic N) is 7. The number of nitrogens with one attached hydrogen (secondary N) is 1. The standard InChI is InChI=1S/C40H49FN8O3/c1-24(2)48-23-43-32-20-31(45-35(34(32)48)44-30-9-13-42-21-29(30)41)25-7-8-28-33(17-25)49(27-18-26(19-27)47-14-10-38(3,4)22-47)37(51)40(28)11-15-46(16-12-40)36(50)39(5,6)52/h7-9,13,17,20-21,23-24,26-27,52H,10-12,14-16,18-19,22H2,1-6H3,(H,42,44,45). The molecule has 1 spiro atoms. The van der Waals surface area contributed by atoms with Gasteiger partial charge in [0.25, 0.3) is 5.91 Å². The zero-order valence-electron chi connectivity index (χ0n) is 31.0. The Kier molecular flexibility index (Phi) is 8.22. The van der Waals surface area contributed by atoms with Gasteiger partial charge in [-0.2, -0.15) is 0 Å². The van der Waals surface area contributed by atoms with Gasteiger partial charge in [-0.15, -0.1) is 0 Å². The van der Waals surface area contributed by atoms with Crippen molar-refractivity contribution in [1.82, 2.24) is 29.3 Å². The number of hydrogen-bond acceptors (Lipinski definition) is 8. The highest BCUT2D eigenvalue weighted by molar-refractivity contribution is 6.09. The van der Waals surface area contributed by atoms with Crippen LogP contribution in [0.5, 0.6) is 0 Å². The van der Waals surface area contributed by atoms with E-state index >= 15 is 0 Å². The van der Waals surface area contributed by atoms with Gasteiger partial charge in [0, 0.05) is 55.2 Å². The summed E-state index contributed by atoms with van der Waals surface area (Å²) in [5.74, 6) is -0.210. The Morgan fingerprint density at radius 2 is 1.81 bits per heavy atom. The molecule has 52 heavy (non-hydrogen) atoms. The Balaban J connectivity index is 1.18. The van der Waals surface area contributed by atoms with Crippen LogP contribution in [0.3, 0.4) is 0 Å². The van der Waals surface area contributed by atoms with Gasteiger partial charge in [-0.25, -0.2) is 14.4 Å². The molecule has 1 aromatic carbocycles. The lowest BCUT2D eigenvalue weighted by atomic mass is 9.73. The van der Waals surface area contributed by atoms with E-state index in [2.05, 4.69) is 59.9 Å². The van der Waals surface area contributed by atoms with Crippen molar-refractivity contribution in [3.8, 4) is 11.3 Å². The molecule has 6 heterocycles. The van der Waals surface area contributed by atoms with Gasteiger partial charge in [-0.05, 0) is 95.5 Å². The fraction of sp³-hybridized carbons (Fsp3) is 0.525. The van der Waals surface area contributed by atoms with Crippen molar-refractivity contribution in [2.75, 3.05) is 36.4 Å². The maximum Gasteiger partial charge on any atom is 0.253 e. The summed E-state index contributed by atoms with van der Waals surface area (Å²) in [6.07, 6.45) is 8.51. The van der Waals surface area contributed by atoms with E-state index < -0.39 is 16.8 Å². The number of anilines is 3. The van der Waals surface area contributed by atoms with Crippen molar-refractivity contribution in [3.05, 3.63) is 60.4 Å². The zero-order valence-corrected chi connectivity index (χ0v) is 31.0. The second kappa shape index (κ2) is 12.3. The lowest BCUT2D eigenvalue weighted by Crippen LogP contribution is -2.58. The molecule has 2 amide bonds. The number of pyridine rings is 2. The number of likely N-dealkylation sites (tertiary alicyclic amines) is 2.